The number of piperidine rings is 1. The lowest BCUT2D eigenvalue weighted by molar-refractivity contribution is 0.0685. The van der Waals surface area contributed by atoms with Gasteiger partial charge in [-0.05, 0) is 44.6 Å². The minimum absolute atomic E-state index is 0.649. The van der Waals surface area contributed by atoms with Crippen molar-refractivity contribution in [3.8, 4) is 0 Å². The third-order valence-electron chi connectivity index (χ3n) is 5.26. The highest BCUT2D eigenvalue weighted by Crippen LogP contribution is 2.31. The van der Waals surface area contributed by atoms with Gasteiger partial charge in [0, 0.05) is 18.6 Å². The van der Waals surface area contributed by atoms with E-state index in [2.05, 4.69) is 18.7 Å². The molecule has 2 nitrogen and oxygen atoms in total. The van der Waals surface area contributed by atoms with E-state index >= 15 is 0 Å². The molecule has 0 amide bonds. The Kier molecular flexibility index (Phi) is 5.50. The van der Waals surface area contributed by atoms with Gasteiger partial charge >= 0.3 is 0 Å². The Morgan fingerprint density at radius 2 is 1.83 bits per heavy atom. The molecule has 0 aromatic carbocycles. The zero-order valence-electron chi connectivity index (χ0n) is 12.4. The Morgan fingerprint density at radius 1 is 1.11 bits per heavy atom. The lowest BCUT2D eigenvalue weighted by Gasteiger charge is -2.43. The van der Waals surface area contributed by atoms with Crippen LogP contribution in [0.3, 0.4) is 0 Å². The lowest BCUT2D eigenvalue weighted by Crippen LogP contribution is -2.50. The maximum atomic E-state index is 6.08. The first-order valence-corrected chi connectivity index (χ1v) is 8.16. The fourth-order valence-electron chi connectivity index (χ4n) is 4.14. The van der Waals surface area contributed by atoms with Crippen LogP contribution in [0.2, 0.25) is 0 Å². The highest BCUT2D eigenvalue weighted by atomic mass is 15.2. The average Bonchev–Trinajstić information content (AvgIpc) is 2.38. The number of likely N-dealkylation sites (tertiary alicyclic amines) is 1. The van der Waals surface area contributed by atoms with Crippen LogP contribution in [-0.4, -0.2) is 30.1 Å². The van der Waals surface area contributed by atoms with Gasteiger partial charge in [0.2, 0.25) is 0 Å². The van der Waals surface area contributed by atoms with E-state index in [0.717, 1.165) is 24.4 Å². The summed E-state index contributed by atoms with van der Waals surface area (Å²) in [5.74, 6) is 1.86. The number of rotatable bonds is 4. The number of nitrogens with zero attached hydrogens (tertiary/aromatic N) is 1. The van der Waals surface area contributed by atoms with Crippen molar-refractivity contribution >= 4 is 0 Å². The average molecular weight is 252 g/mol. The van der Waals surface area contributed by atoms with Crippen molar-refractivity contribution in [1.29, 1.82) is 0 Å². The molecule has 1 saturated heterocycles. The van der Waals surface area contributed by atoms with Crippen molar-refractivity contribution in [1.82, 2.24) is 4.90 Å². The number of nitrogens with two attached hydrogens (primary N) is 1. The van der Waals surface area contributed by atoms with Crippen molar-refractivity contribution in [2.75, 3.05) is 13.1 Å². The monoisotopic (exact) mass is 252 g/mol. The molecule has 18 heavy (non-hydrogen) atoms. The summed E-state index contributed by atoms with van der Waals surface area (Å²) in [5.41, 5.74) is 6.08. The van der Waals surface area contributed by atoms with Gasteiger partial charge in [-0.15, -0.1) is 0 Å². The van der Waals surface area contributed by atoms with Gasteiger partial charge in [0.15, 0.2) is 0 Å². The van der Waals surface area contributed by atoms with Crippen molar-refractivity contribution in [3.63, 3.8) is 0 Å². The minimum atomic E-state index is 0.649. The van der Waals surface area contributed by atoms with Gasteiger partial charge in [0.05, 0.1) is 0 Å². The van der Waals surface area contributed by atoms with E-state index in [9.17, 15) is 0 Å². The topological polar surface area (TPSA) is 29.3 Å². The largest absolute Gasteiger partial charge is 0.329 e. The van der Waals surface area contributed by atoms with Crippen molar-refractivity contribution < 1.29 is 0 Å². The molecule has 2 heteroatoms. The fourth-order valence-corrected chi connectivity index (χ4v) is 4.14. The highest BCUT2D eigenvalue weighted by Gasteiger charge is 2.29. The summed E-state index contributed by atoms with van der Waals surface area (Å²) < 4.78 is 0. The second-order valence-corrected chi connectivity index (χ2v) is 6.85. The molecular formula is C16H32N2. The Bertz CT molecular complexity index is 235. The predicted molar refractivity (Wildman–Crippen MR) is 78.6 cm³/mol. The molecule has 0 aromatic heterocycles. The van der Waals surface area contributed by atoms with E-state index in [-0.39, 0.29) is 0 Å². The standard InChI is InChI=1S/C16H32N2/c1-13-8-9-18(14(2)10-13)16(12-17)11-15-6-4-3-5-7-15/h13-16H,3-12,17H2,1-2H3. The lowest BCUT2D eigenvalue weighted by atomic mass is 9.83. The summed E-state index contributed by atoms with van der Waals surface area (Å²) in [5, 5.41) is 0. The van der Waals surface area contributed by atoms with Crippen LogP contribution in [0.25, 0.3) is 0 Å². The summed E-state index contributed by atoms with van der Waals surface area (Å²) in [6.07, 6.45) is 11.4. The van der Waals surface area contributed by atoms with E-state index in [1.54, 1.807) is 0 Å². The van der Waals surface area contributed by atoms with Gasteiger partial charge < -0.3 is 5.73 Å². The fraction of sp³-hybridized carbons (Fsp3) is 1.00. The molecule has 1 aliphatic carbocycles. The number of hydrogen-bond acceptors (Lipinski definition) is 2. The zero-order chi connectivity index (χ0) is 13.0. The van der Waals surface area contributed by atoms with Crippen LogP contribution in [0.15, 0.2) is 0 Å². The van der Waals surface area contributed by atoms with Crippen LogP contribution in [-0.2, 0) is 0 Å². The van der Waals surface area contributed by atoms with E-state index in [1.807, 2.05) is 0 Å². The Labute approximate surface area is 113 Å². The molecule has 106 valence electrons. The van der Waals surface area contributed by atoms with Crippen LogP contribution >= 0.6 is 0 Å². The van der Waals surface area contributed by atoms with Crippen molar-refractivity contribution in [3.05, 3.63) is 0 Å². The van der Waals surface area contributed by atoms with Crippen LogP contribution in [0.5, 0.6) is 0 Å². The molecule has 1 saturated carbocycles. The van der Waals surface area contributed by atoms with Crippen LogP contribution in [0.1, 0.15) is 65.2 Å². The third-order valence-corrected chi connectivity index (χ3v) is 5.26. The zero-order valence-corrected chi connectivity index (χ0v) is 12.4. The smallest absolute Gasteiger partial charge is 0.0223 e. The maximum Gasteiger partial charge on any atom is 0.0223 e. The van der Waals surface area contributed by atoms with E-state index in [0.29, 0.717) is 6.04 Å². The first kappa shape index (κ1) is 14.3. The summed E-state index contributed by atoms with van der Waals surface area (Å²) in [4.78, 5) is 2.72. The predicted octanol–water partition coefficient (Wildman–Crippen LogP) is 3.40. The molecular weight excluding hydrogens is 220 g/mol. The van der Waals surface area contributed by atoms with E-state index in [4.69, 9.17) is 5.73 Å². The Morgan fingerprint density at radius 3 is 2.44 bits per heavy atom. The SMILES string of the molecule is CC1CCN(C(CN)CC2CCCCC2)C(C)C1. The Hall–Kier alpha value is -0.0800. The third kappa shape index (κ3) is 3.71. The normalized spacial score (nSPS) is 33.5. The molecule has 0 radical (unpaired) electrons. The number of hydrogen-bond donors (Lipinski definition) is 1. The van der Waals surface area contributed by atoms with Gasteiger partial charge in [0.25, 0.3) is 0 Å². The molecule has 2 fully saturated rings. The molecule has 1 aliphatic heterocycles. The first-order chi connectivity index (χ1) is 8.70. The van der Waals surface area contributed by atoms with Crippen LogP contribution in [0.4, 0.5) is 0 Å². The van der Waals surface area contributed by atoms with Crippen LogP contribution < -0.4 is 5.73 Å². The molecule has 3 unspecified atom stereocenters. The van der Waals surface area contributed by atoms with E-state index < -0.39 is 0 Å². The molecule has 3 atom stereocenters. The summed E-state index contributed by atoms with van der Waals surface area (Å²) >= 11 is 0. The summed E-state index contributed by atoms with van der Waals surface area (Å²) in [6.45, 7) is 6.93. The van der Waals surface area contributed by atoms with Crippen molar-refractivity contribution in [2.24, 2.45) is 17.6 Å². The van der Waals surface area contributed by atoms with Gasteiger partial charge in [-0.25, -0.2) is 0 Å². The minimum Gasteiger partial charge on any atom is -0.329 e. The van der Waals surface area contributed by atoms with Gasteiger partial charge in [-0.3, -0.25) is 4.90 Å². The van der Waals surface area contributed by atoms with Crippen molar-refractivity contribution in [2.45, 2.75) is 77.3 Å². The van der Waals surface area contributed by atoms with E-state index in [1.165, 1.54) is 57.9 Å². The summed E-state index contributed by atoms with van der Waals surface area (Å²) in [6, 6.07) is 1.39. The molecule has 1 heterocycles. The molecule has 0 aromatic rings. The Balaban J connectivity index is 1.86. The van der Waals surface area contributed by atoms with Gasteiger partial charge in [0.1, 0.15) is 0 Å². The van der Waals surface area contributed by atoms with Crippen LogP contribution in [0, 0.1) is 11.8 Å². The highest BCUT2D eigenvalue weighted by molar-refractivity contribution is 4.85. The maximum absolute atomic E-state index is 6.08. The molecule has 2 rings (SSSR count). The summed E-state index contributed by atoms with van der Waals surface area (Å²) in [7, 11) is 0. The molecule has 0 bridgehead atoms. The quantitative estimate of drug-likeness (QED) is 0.831. The molecule has 2 N–H and O–H groups in total. The molecule has 0 spiro atoms. The van der Waals surface area contributed by atoms with Gasteiger partial charge in [-0.2, -0.15) is 0 Å². The second kappa shape index (κ2) is 6.91. The molecule has 2 aliphatic rings. The van der Waals surface area contributed by atoms with Gasteiger partial charge in [-0.1, -0.05) is 39.0 Å². The first-order valence-electron chi connectivity index (χ1n) is 8.16. The second-order valence-electron chi connectivity index (χ2n) is 6.85.